The second-order valence-electron chi connectivity index (χ2n) is 2.29. The monoisotopic (exact) mass is 193 g/mol. The quantitative estimate of drug-likeness (QED) is 0.769. The minimum atomic E-state index is -4.39. The summed E-state index contributed by atoms with van der Waals surface area (Å²) in [6.07, 6.45) is -3.17. The van der Waals surface area contributed by atoms with Crippen LogP contribution in [-0.2, 0) is 0 Å². The first-order valence-electron chi connectivity index (χ1n) is 3.36. The van der Waals surface area contributed by atoms with Crippen molar-refractivity contribution in [1.82, 2.24) is 4.98 Å². The van der Waals surface area contributed by atoms with E-state index in [1.807, 2.05) is 0 Å². The van der Waals surface area contributed by atoms with Gasteiger partial charge in [0.25, 0.3) is 5.56 Å². The lowest BCUT2D eigenvalue weighted by molar-refractivity contribution is -0.153. The van der Waals surface area contributed by atoms with Gasteiger partial charge in [-0.3, -0.25) is 4.79 Å². The van der Waals surface area contributed by atoms with Crippen molar-refractivity contribution < 1.29 is 17.9 Å². The number of hydrogen-bond acceptors (Lipinski definition) is 2. The van der Waals surface area contributed by atoms with Gasteiger partial charge in [0.15, 0.2) is 6.61 Å². The minimum absolute atomic E-state index is 0.0962. The summed E-state index contributed by atoms with van der Waals surface area (Å²) in [6.45, 7) is -1.39. The molecule has 0 bridgehead atoms. The molecule has 13 heavy (non-hydrogen) atoms. The lowest BCUT2D eigenvalue weighted by Gasteiger charge is -2.07. The van der Waals surface area contributed by atoms with Crippen molar-refractivity contribution in [3.05, 3.63) is 28.7 Å². The van der Waals surface area contributed by atoms with Crippen LogP contribution in [0.5, 0.6) is 5.75 Å². The molecule has 0 unspecified atom stereocenters. The summed E-state index contributed by atoms with van der Waals surface area (Å²) in [4.78, 5) is 12.8. The fourth-order valence-corrected chi connectivity index (χ4v) is 0.680. The number of aromatic nitrogens is 1. The first-order valence-corrected chi connectivity index (χ1v) is 3.36. The second-order valence-corrected chi connectivity index (χ2v) is 2.29. The van der Waals surface area contributed by atoms with Gasteiger partial charge in [-0.15, -0.1) is 0 Å². The van der Waals surface area contributed by atoms with Crippen molar-refractivity contribution in [2.45, 2.75) is 6.18 Å². The van der Waals surface area contributed by atoms with Crippen LogP contribution in [0, 0.1) is 0 Å². The van der Waals surface area contributed by atoms with E-state index in [9.17, 15) is 18.0 Å². The highest BCUT2D eigenvalue weighted by atomic mass is 19.4. The van der Waals surface area contributed by atoms with Crippen molar-refractivity contribution in [3.8, 4) is 5.75 Å². The molecule has 0 spiro atoms. The maximum Gasteiger partial charge on any atom is 0.422 e. The number of nitrogens with one attached hydrogen (secondary N) is 1. The van der Waals surface area contributed by atoms with Gasteiger partial charge in [0.05, 0.1) is 0 Å². The Labute approximate surface area is 71.2 Å². The summed E-state index contributed by atoms with van der Waals surface area (Å²) in [7, 11) is 0. The van der Waals surface area contributed by atoms with E-state index in [0.29, 0.717) is 0 Å². The van der Waals surface area contributed by atoms with Crippen molar-refractivity contribution in [2.75, 3.05) is 6.61 Å². The van der Waals surface area contributed by atoms with Crippen LogP contribution >= 0.6 is 0 Å². The predicted molar refractivity (Wildman–Crippen MR) is 38.6 cm³/mol. The molecule has 1 rings (SSSR count). The van der Waals surface area contributed by atoms with E-state index in [-0.39, 0.29) is 5.75 Å². The zero-order chi connectivity index (χ0) is 9.90. The molecule has 6 heteroatoms. The van der Waals surface area contributed by atoms with Gasteiger partial charge in [-0.25, -0.2) is 0 Å². The highest BCUT2D eigenvalue weighted by Gasteiger charge is 2.28. The predicted octanol–water partition coefficient (Wildman–Crippen LogP) is 1.32. The van der Waals surface area contributed by atoms with Crippen LogP contribution < -0.4 is 10.3 Å². The lowest BCUT2D eigenvalue weighted by Crippen LogP contribution is -2.19. The summed E-state index contributed by atoms with van der Waals surface area (Å²) in [5.41, 5.74) is -0.500. The Kier molecular flexibility index (Phi) is 2.60. The van der Waals surface area contributed by atoms with Crippen LogP contribution in [-0.4, -0.2) is 17.8 Å². The zero-order valence-electron chi connectivity index (χ0n) is 6.39. The maximum atomic E-state index is 11.6. The molecule has 0 saturated heterocycles. The molecule has 1 aromatic heterocycles. The summed E-state index contributed by atoms with van der Waals surface area (Å²) < 4.78 is 39.2. The van der Waals surface area contributed by atoms with Gasteiger partial charge >= 0.3 is 6.18 Å². The number of ether oxygens (including phenoxy) is 1. The molecule has 72 valence electrons. The van der Waals surface area contributed by atoms with Gasteiger partial charge < -0.3 is 9.72 Å². The number of H-pyrrole nitrogens is 1. The summed E-state index contributed by atoms with van der Waals surface area (Å²) in [6, 6.07) is 2.19. The molecule has 1 N–H and O–H groups in total. The van der Waals surface area contributed by atoms with E-state index in [4.69, 9.17) is 0 Å². The standard InChI is InChI=1S/C7H6F3NO2/c8-7(9,10)4-13-5-1-2-11-6(12)3-5/h1-3H,4H2,(H,11,12). The van der Waals surface area contributed by atoms with E-state index in [2.05, 4.69) is 9.72 Å². The lowest BCUT2D eigenvalue weighted by atomic mass is 10.4. The average molecular weight is 193 g/mol. The van der Waals surface area contributed by atoms with Crippen molar-refractivity contribution in [3.63, 3.8) is 0 Å². The first kappa shape index (κ1) is 9.63. The van der Waals surface area contributed by atoms with Gasteiger partial charge in [0, 0.05) is 12.3 Å². The Balaban J connectivity index is 2.60. The van der Waals surface area contributed by atoms with Crippen LogP contribution in [0.1, 0.15) is 0 Å². The topological polar surface area (TPSA) is 42.1 Å². The number of hydrogen-bond donors (Lipinski definition) is 1. The summed E-state index contributed by atoms with van der Waals surface area (Å²) in [5.74, 6) is -0.0962. The third-order valence-corrected chi connectivity index (χ3v) is 1.15. The van der Waals surface area contributed by atoms with Crippen LogP contribution in [0.4, 0.5) is 13.2 Å². The number of halogens is 3. The Morgan fingerprint density at radius 3 is 2.69 bits per heavy atom. The summed E-state index contributed by atoms with van der Waals surface area (Å²) >= 11 is 0. The molecule has 1 heterocycles. The Morgan fingerprint density at radius 2 is 2.15 bits per heavy atom. The van der Waals surface area contributed by atoms with Crippen LogP contribution in [0.2, 0.25) is 0 Å². The van der Waals surface area contributed by atoms with E-state index in [0.717, 1.165) is 6.07 Å². The Bertz CT molecular complexity index is 331. The largest absolute Gasteiger partial charge is 0.484 e. The molecule has 0 amide bonds. The molecule has 3 nitrogen and oxygen atoms in total. The molecule has 0 aliphatic heterocycles. The fourth-order valence-electron chi connectivity index (χ4n) is 0.680. The fraction of sp³-hybridized carbons (Fsp3) is 0.286. The molecule has 0 aliphatic carbocycles. The maximum absolute atomic E-state index is 11.6. The third kappa shape index (κ3) is 3.64. The molecule has 0 radical (unpaired) electrons. The van der Waals surface area contributed by atoms with Gasteiger partial charge in [-0.1, -0.05) is 0 Å². The van der Waals surface area contributed by atoms with Crippen LogP contribution in [0.25, 0.3) is 0 Å². The van der Waals surface area contributed by atoms with Gasteiger partial charge in [-0.05, 0) is 6.07 Å². The number of alkyl halides is 3. The van der Waals surface area contributed by atoms with Gasteiger partial charge in [0.2, 0.25) is 0 Å². The van der Waals surface area contributed by atoms with Crippen LogP contribution in [0.15, 0.2) is 23.1 Å². The molecule has 0 atom stereocenters. The van der Waals surface area contributed by atoms with Crippen molar-refractivity contribution >= 4 is 0 Å². The zero-order valence-corrected chi connectivity index (χ0v) is 6.39. The van der Waals surface area contributed by atoms with E-state index in [1.54, 1.807) is 0 Å². The SMILES string of the molecule is O=c1cc(OCC(F)(F)F)cc[nH]1. The Morgan fingerprint density at radius 1 is 1.46 bits per heavy atom. The molecular formula is C7H6F3NO2. The second kappa shape index (κ2) is 3.51. The van der Waals surface area contributed by atoms with Gasteiger partial charge in [-0.2, -0.15) is 13.2 Å². The number of pyridine rings is 1. The highest BCUT2D eigenvalue weighted by molar-refractivity contribution is 5.16. The minimum Gasteiger partial charge on any atom is -0.484 e. The molecule has 0 aromatic carbocycles. The average Bonchev–Trinajstić information content (AvgIpc) is 2.00. The third-order valence-electron chi connectivity index (χ3n) is 1.15. The molecular weight excluding hydrogens is 187 g/mol. The summed E-state index contributed by atoms with van der Waals surface area (Å²) in [5, 5.41) is 0. The van der Waals surface area contributed by atoms with Gasteiger partial charge in [0.1, 0.15) is 5.75 Å². The molecule has 0 saturated carbocycles. The smallest absolute Gasteiger partial charge is 0.422 e. The van der Waals surface area contributed by atoms with E-state index >= 15 is 0 Å². The van der Waals surface area contributed by atoms with Crippen molar-refractivity contribution in [2.24, 2.45) is 0 Å². The van der Waals surface area contributed by atoms with Crippen molar-refractivity contribution in [1.29, 1.82) is 0 Å². The van der Waals surface area contributed by atoms with Crippen LogP contribution in [0.3, 0.4) is 0 Å². The van der Waals surface area contributed by atoms with E-state index < -0.39 is 18.3 Å². The number of aromatic amines is 1. The van der Waals surface area contributed by atoms with E-state index in [1.165, 1.54) is 12.3 Å². The number of rotatable bonds is 2. The Hall–Kier alpha value is -1.46. The highest BCUT2D eigenvalue weighted by Crippen LogP contribution is 2.16. The normalized spacial score (nSPS) is 11.3. The molecule has 1 aromatic rings. The molecule has 0 aliphatic rings. The first-order chi connectivity index (χ1) is 5.97. The molecule has 0 fully saturated rings.